The number of primary amides is 1. The van der Waals surface area contributed by atoms with E-state index in [1.165, 1.54) is 0 Å². The number of benzene rings is 2. The zero-order valence-electron chi connectivity index (χ0n) is 16.7. The van der Waals surface area contributed by atoms with Gasteiger partial charge in [-0.3, -0.25) is 14.4 Å². The van der Waals surface area contributed by atoms with E-state index in [0.29, 0.717) is 30.4 Å². The molecule has 7 heteroatoms. The Hall–Kier alpha value is -3.19. The number of aryl methyl sites for hydroxylation is 2. The van der Waals surface area contributed by atoms with Crippen molar-refractivity contribution in [1.82, 2.24) is 10.6 Å². The van der Waals surface area contributed by atoms with Gasteiger partial charge in [0, 0.05) is 25.2 Å². The minimum absolute atomic E-state index is 0.194. The van der Waals surface area contributed by atoms with E-state index in [2.05, 4.69) is 10.6 Å². The van der Waals surface area contributed by atoms with Gasteiger partial charge in [0.2, 0.25) is 5.91 Å². The van der Waals surface area contributed by atoms with Crippen LogP contribution in [0.25, 0.3) is 0 Å². The molecule has 0 unspecified atom stereocenters. The van der Waals surface area contributed by atoms with Crippen LogP contribution in [0.2, 0.25) is 0 Å². The first-order valence-corrected chi connectivity index (χ1v) is 9.60. The van der Waals surface area contributed by atoms with E-state index >= 15 is 0 Å². The fraction of sp³-hybridized carbons (Fsp3) is 0.318. The smallest absolute Gasteiger partial charge is 0.251 e. The quantitative estimate of drug-likeness (QED) is 0.593. The standard InChI is InChI=1S/C22H26N4O3/c1-25-19(27)15-5-7-17-13(11-15)3-4-14-12-16(20(28)26-2)6-8-18(14)22(17,9-10-23)21(24)29/h5-8,11-12H,3-4,9-10,23H2,1-2H3,(H2,24,29)(H,25,27)(H,26,28). The van der Waals surface area contributed by atoms with Crippen LogP contribution >= 0.6 is 0 Å². The molecule has 29 heavy (non-hydrogen) atoms. The molecule has 1 aliphatic carbocycles. The summed E-state index contributed by atoms with van der Waals surface area (Å²) in [5, 5.41) is 5.24. The first-order chi connectivity index (χ1) is 13.9. The number of rotatable bonds is 5. The van der Waals surface area contributed by atoms with Gasteiger partial charge in [-0.1, -0.05) is 12.1 Å². The van der Waals surface area contributed by atoms with Crippen LogP contribution in [0.4, 0.5) is 0 Å². The van der Waals surface area contributed by atoms with Crippen LogP contribution in [0.3, 0.4) is 0 Å². The number of fused-ring (bicyclic) bond motifs is 2. The van der Waals surface area contributed by atoms with Gasteiger partial charge in [0.05, 0.1) is 0 Å². The summed E-state index contributed by atoms with van der Waals surface area (Å²) >= 11 is 0. The average Bonchev–Trinajstić information content (AvgIpc) is 2.87. The predicted molar refractivity (Wildman–Crippen MR) is 111 cm³/mol. The average molecular weight is 394 g/mol. The topological polar surface area (TPSA) is 127 Å². The lowest BCUT2D eigenvalue weighted by molar-refractivity contribution is -0.122. The predicted octanol–water partition coefficient (Wildman–Crippen LogP) is 0.625. The molecule has 152 valence electrons. The number of hydrogen-bond donors (Lipinski definition) is 4. The molecule has 1 aliphatic rings. The molecule has 6 N–H and O–H groups in total. The molecule has 0 spiro atoms. The van der Waals surface area contributed by atoms with Gasteiger partial charge in [0.25, 0.3) is 11.8 Å². The third kappa shape index (κ3) is 3.38. The summed E-state index contributed by atoms with van der Waals surface area (Å²) in [4.78, 5) is 37.1. The Bertz CT molecular complexity index is 917. The van der Waals surface area contributed by atoms with Crippen LogP contribution in [-0.4, -0.2) is 38.4 Å². The molecular formula is C22H26N4O3. The van der Waals surface area contributed by atoms with Gasteiger partial charge in [-0.25, -0.2) is 0 Å². The Morgan fingerprint density at radius 3 is 1.69 bits per heavy atom. The molecule has 0 radical (unpaired) electrons. The number of carbonyl (C=O) groups excluding carboxylic acids is 3. The molecule has 0 fully saturated rings. The first-order valence-electron chi connectivity index (χ1n) is 9.60. The molecule has 0 bridgehead atoms. The second kappa shape index (κ2) is 8.05. The summed E-state index contributed by atoms with van der Waals surface area (Å²) in [7, 11) is 3.15. The summed E-state index contributed by atoms with van der Waals surface area (Å²) in [5.41, 5.74) is 15.1. The molecule has 0 aliphatic heterocycles. The van der Waals surface area contributed by atoms with Crippen LogP contribution in [0.1, 0.15) is 49.4 Å². The van der Waals surface area contributed by atoms with Crippen molar-refractivity contribution in [2.24, 2.45) is 11.5 Å². The summed E-state index contributed by atoms with van der Waals surface area (Å²) < 4.78 is 0. The van der Waals surface area contributed by atoms with Crippen molar-refractivity contribution in [2.75, 3.05) is 20.6 Å². The maximum atomic E-state index is 12.9. The Balaban J connectivity index is 2.27. The largest absolute Gasteiger partial charge is 0.369 e. The summed E-state index contributed by atoms with van der Waals surface area (Å²) in [6.45, 7) is 0.260. The summed E-state index contributed by atoms with van der Waals surface area (Å²) in [6.07, 6.45) is 1.56. The van der Waals surface area contributed by atoms with E-state index < -0.39 is 11.3 Å². The van der Waals surface area contributed by atoms with Gasteiger partial charge in [0.1, 0.15) is 5.41 Å². The summed E-state index contributed by atoms with van der Waals surface area (Å²) in [6, 6.07) is 10.7. The monoisotopic (exact) mass is 394 g/mol. The maximum absolute atomic E-state index is 12.9. The van der Waals surface area contributed by atoms with Crippen molar-refractivity contribution in [2.45, 2.75) is 24.7 Å². The second-order valence-electron chi connectivity index (χ2n) is 7.21. The first kappa shape index (κ1) is 20.5. The second-order valence-corrected chi connectivity index (χ2v) is 7.21. The Kier molecular flexibility index (Phi) is 5.70. The molecule has 2 aromatic carbocycles. The minimum Gasteiger partial charge on any atom is -0.369 e. The number of nitrogens with two attached hydrogens (primary N) is 2. The van der Waals surface area contributed by atoms with Gasteiger partial charge >= 0.3 is 0 Å². The van der Waals surface area contributed by atoms with E-state index in [-0.39, 0.29) is 18.4 Å². The Morgan fingerprint density at radius 1 is 0.897 bits per heavy atom. The maximum Gasteiger partial charge on any atom is 0.251 e. The molecule has 0 saturated carbocycles. The highest BCUT2D eigenvalue weighted by atomic mass is 16.2. The highest BCUT2D eigenvalue weighted by Gasteiger charge is 2.44. The van der Waals surface area contributed by atoms with Crippen LogP contribution < -0.4 is 22.1 Å². The number of carbonyl (C=O) groups is 3. The fourth-order valence-corrected chi connectivity index (χ4v) is 4.29. The zero-order valence-corrected chi connectivity index (χ0v) is 16.7. The molecule has 7 nitrogen and oxygen atoms in total. The Morgan fingerprint density at radius 2 is 1.34 bits per heavy atom. The van der Waals surface area contributed by atoms with Crippen molar-refractivity contribution >= 4 is 17.7 Å². The number of amides is 3. The van der Waals surface area contributed by atoms with Gasteiger partial charge in [-0.05, 0) is 72.3 Å². The summed E-state index contributed by atoms with van der Waals surface area (Å²) in [5.74, 6) is -0.882. The molecule has 3 rings (SSSR count). The van der Waals surface area contributed by atoms with Gasteiger partial charge in [0.15, 0.2) is 0 Å². The van der Waals surface area contributed by atoms with E-state index in [0.717, 1.165) is 22.3 Å². The highest BCUT2D eigenvalue weighted by Crippen LogP contribution is 2.42. The molecule has 0 atom stereocenters. The lowest BCUT2D eigenvalue weighted by atomic mass is 9.69. The number of hydrogen-bond acceptors (Lipinski definition) is 4. The van der Waals surface area contributed by atoms with E-state index in [1.54, 1.807) is 26.2 Å². The zero-order chi connectivity index (χ0) is 21.2. The van der Waals surface area contributed by atoms with Crippen LogP contribution in [0.5, 0.6) is 0 Å². The molecule has 3 amide bonds. The van der Waals surface area contributed by atoms with Gasteiger partial charge in [-0.2, -0.15) is 0 Å². The molecular weight excluding hydrogens is 368 g/mol. The minimum atomic E-state index is -1.11. The highest BCUT2D eigenvalue weighted by molar-refractivity contribution is 5.97. The van der Waals surface area contributed by atoms with E-state index in [9.17, 15) is 14.4 Å². The number of nitrogens with one attached hydrogen (secondary N) is 2. The molecule has 0 heterocycles. The normalized spacial score (nSPS) is 14.2. The molecule has 0 saturated heterocycles. The molecule has 0 aromatic heterocycles. The molecule has 2 aromatic rings. The van der Waals surface area contributed by atoms with E-state index in [1.807, 2.05) is 24.3 Å². The van der Waals surface area contributed by atoms with Crippen molar-refractivity contribution in [3.8, 4) is 0 Å². The van der Waals surface area contributed by atoms with Crippen LogP contribution in [0, 0.1) is 0 Å². The lowest BCUT2D eigenvalue weighted by Crippen LogP contribution is -2.44. The van der Waals surface area contributed by atoms with Crippen molar-refractivity contribution < 1.29 is 14.4 Å². The van der Waals surface area contributed by atoms with E-state index in [4.69, 9.17) is 11.5 Å². The third-order valence-electron chi connectivity index (χ3n) is 5.71. The van der Waals surface area contributed by atoms with Crippen molar-refractivity contribution in [3.05, 3.63) is 69.8 Å². The third-order valence-corrected chi connectivity index (χ3v) is 5.71. The Labute approximate surface area is 169 Å². The van der Waals surface area contributed by atoms with Crippen molar-refractivity contribution in [3.63, 3.8) is 0 Å². The van der Waals surface area contributed by atoms with Crippen molar-refractivity contribution in [1.29, 1.82) is 0 Å². The van der Waals surface area contributed by atoms with Crippen LogP contribution in [0.15, 0.2) is 36.4 Å². The van der Waals surface area contributed by atoms with Crippen LogP contribution in [-0.2, 0) is 23.1 Å². The van der Waals surface area contributed by atoms with Gasteiger partial charge in [-0.15, -0.1) is 0 Å². The fourth-order valence-electron chi connectivity index (χ4n) is 4.29. The SMILES string of the molecule is CNC(=O)c1ccc2c(c1)CCc1cc(C(=O)NC)ccc1C2(CCN)C(N)=O. The lowest BCUT2D eigenvalue weighted by Gasteiger charge is -2.33. The van der Waals surface area contributed by atoms with Gasteiger partial charge < -0.3 is 22.1 Å².